The number of hydrogen-bond acceptors (Lipinski definition) is 7. The van der Waals surface area contributed by atoms with Gasteiger partial charge in [-0.15, -0.1) is 5.10 Å². The number of aromatic nitrogens is 6. The zero-order chi connectivity index (χ0) is 21.8. The predicted molar refractivity (Wildman–Crippen MR) is 106 cm³/mol. The fourth-order valence-electron chi connectivity index (χ4n) is 3.89. The summed E-state index contributed by atoms with van der Waals surface area (Å²) in [5.74, 6) is -3.07. The molecule has 0 spiro atoms. The molecule has 9 nitrogen and oxygen atoms in total. The van der Waals surface area contributed by atoms with Crippen LogP contribution in [0, 0.1) is 5.82 Å². The fraction of sp³-hybridized carbons (Fsp3) is 0.368. The third kappa shape index (κ3) is 3.32. The number of nitrogens with one attached hydrogen (secondary N) is 1. The Bertz CT molecular complexity index is 1270. The molecule has 5 heterocycles. The van der Waals surface area contributed by atoms with Gasteiger partial charge in [-0.2, -0.15) is 4.98 Å². The molecule has 4 aromatic heterocycles. The van der Waals surface area contributed by atoms with Gasteiger partial charge < -0.3 is 15.0 Å². The number of alkyl halides is 2. The lowest BCUT2D eigenvalue weighted by atomic mass is 10.0. The molecular weight excluding hydrogens is 413 g/mol. The van der Waals surface area contributed by atoms with Crippen molar-refractivity contribution in [1.29, 1.82) is 0 Å². The zero-order valence-corrected chi connectivity index (χ0v) is 16.8. The van der Waals surface area contributed by atoms with Crippen LogP contribution >= 0.6 is 0 Å². The molecule has 1 fully saturated rings. The first-order valence-electron chi connectivity index (χ1n) is 9.60. The predicted octanol–water partition coefficient (Wildman–Crippen LogP) is 2.34. The number of rotatable bonds is 4. The molecule has 0 saturated carbocycles. The molecular formula is C19H19F3N8O. The molecule has 0 aromatic carbocycles. The van der Waals surface area contributed by atoms with Crippen molar-refractivity contribution in [3.8, 4) is 17.0 Å². The first-order valence-corrected chi connectivity index (χ1v) is 9.60. The Kier molecular flexibility index (Phi) is 4.46. The number of fused-ring (bicyclic) bond motifs is 2. The molecule has 1 unspecified atom stereocenters. The minimum Gasteiger partial charge on any atom is -0.479 e. The molecule has 1 N–H and O–H groups in total. The third-order valence-electron chi connectivity index (χ3n) is 5.37. The second-order valence-electron chi connectivity index (χ2n) is 7.55. The van der Waals surface area contributed by atoms with Crippen LogP contribution in [-0.4, -0.2) is 73.1 Å². The van der Waals surface area contributed by atoms with E-state index < -0.39 is 17.8 Å². The number of methoxy groups -OCH3 is 1. The third-order valence-corrected chi connectivity index (χ3v) is 5.37. The van der Waals surface area contributed by atoms with Crippen molar-refractivity contribution in [2.24, 2.45) is 0 Å². The summed E-state index contributed by atoms with van der Waals surface area (Å²) in [6.45, 7) is 0.148. The average molecular weight is 432 g/mol. The van der Waals surface area contributed by atoms with E-state index in [1.807, 2.05) is 0 Å². The maximum absolute atomic E-state index is 14.9. The molecule has 0 radical (unpaired) electrons. The second kappa shape index (κ2) is 7.08. The summed E-state index contributed by atoms with van der Waals surface area (Å²) >= 11 is 0. The van der Waals surface area contributed by atoms with E-state index >= 15 is 0 Å². The highest BCUT2D eigenvalue weighted by atomic mass is 19.3. The van der Waals surface area contributed by atoms with E-state index in [4.69, 9.17) is 4.74 Å². The van der Waals surface area contributed by atoms with Gasteiger partial charge in [0.15, 0.2) is 5.82 Å². The quantitative estimate of drug-likeness (QED) is 0.530. The highest BCUT2D eigenvalue weighted by molar-refractivity contribution is 5.84. The monoisotopic (exact) mass is 432 g/mol. The highest BCUT2D eigenvalue weighted by Crippen LogP contribution is 2.34. The SMILES string of the molecule is COc1nc(NC2CCN(C)CC2(F)F)nn2cc(F)c(-c3cnc4nccn4c3)c12. The molecule has 5 rings (SSSR count). The molecule has 0 aliphatic carbocycles. The van der Waals surface area contributed by atoms with E-state index in [2.05, 4.69) is 25.4 Å². The van der Waals surface area contributed by atoms with Crippen LogP contribution < -0.4 is 10.1 Å². The van der Waals surface area contributed by atoms with Crippen LogP contribution in [0.2, 0.25) is 0 Å². The largest absolute Gasteiger partial charge is 0.479 e. The van der Waals surface area contributed by atoms with Gasteiger partial charge >= 0.3 is 0 Å². The van der Waals surface area contributed by atoms with Crippen molar-refractivity contribution >= 4 is 17.2 Å². The normalized spacial score (nSPS) is 19.2. The maximum Gasteiger partial charge on any atom is 0.280 e. The Morgan fingerprint density at radius 2 is 2.10 bits per heavy atom. The van der Waals surface area contributed by atoms with E-state index in [-0.39, 0.29) is 35.9 Å². The van der Waals surface area contributed by atoms with Crippen LogP contribution in [0.4, 0.5) is 19.1 Å². The van der Waals surface area contributed by atoms with Gasteiger partial charge in [0.2, 0.25) is 17.6 Å². The van der Waals surface area contributed by atoms with Crippen LogP contribution in [0.5, 0.6) is 5.88 Å². The molecule has 1 saturated heterocycles. The Morgan fingerprint density at radius 1 is 1.26 bits per heavy atom. The zero-order valence-electron chi connectivity index (χ0n) is 16.8. The number of piperidine rings is 1. The van der Waals surface area contributed by atoms with Crippen LogP contribution in [0.25, 0.3) is 22.4 Å². The summed E-state index contributed by atoms with van der Waals surface area (Å²) in [6, 6.07) is -1.14. The van der Waals surface area contributed by atoms with Crippen LogP contribution in [0.1, 0.15) is 6.42 Å². The van der Waals surface area contributed by atoms with Gasteiger partial charge in [-0.05, 0) is 13.5 Å². The first kappa shape index (κ1) is 19.5. The van der Waals surface area contributed by atoms with E-state index in [9.17, 15) is 13.2 Å². The fourth-order valence-corrected chi connectivity index (χ4v) is 3.89. The van der Waals surface area contributed by atoms with Crippen LogP contribution in [0.15, 0.2) is 31.0 Å². The number of nitrogens with zero attached hydrogens (tertiary/aromatic N) is 7. The number of halogens is 3. The van der Waals surface area contributed by atoms with Crippen molar-refractivity contribution in [2.75, 3.05) is 32.6 Å². The summed E-state index contributed by atoms with van der Waals surface area (Å²) in [4.78, 5) is 14.1. The number of ether oxygens (including phenoxy) is 1. The van der Waals surface area contributed by atoms with Crippen LogP contribution in [0.3, 0.4) is 0 Å². The van der Waals surface area contributed by atoms with E-state index in [1.165, 1.54) is 17.8 Å². The van der Waals surface area contributed by atoms with Gasteiger partial charge in [0.25, 0.3) is 5.92 Å². The van der Waals surface area contributed by atoms with Gasteiger partial charge in [0.05, 0.1) is 31.5 Å². The lowest BCUT2D eigenvalue weighted by molar-refractivity contribution is -0.0675. The van der Waals surface area contributed by atoms with Crippen molar-refractivity contribution in [3.05, 3.63) is 36.8 Å². The summed E-state index contributed by atoms with van der Waals surface area (Å²) in [5, 5.41) is 6.91. The Balaban J connectivity index is 1.57. The second-order valence-corrected chi connectivity index (χ2v) is 7.55. The summed E-state index contributed by atoms with van der Waals surface area (Å²) in [6.07, 6.45) is 7.82. The van der Waals surface area contributed by atoms with Crippen molar-refractivity contribution in [2.45, 2.75) is 18.4 Å². The Labute approximate surface area is 174 Å². The average Bonchev–Trinajstić information content (AvgIpc) is 3.31. The highest BCUT2D eigenvalue weighted by Gasteiger charge is 2.44. The van der Waals surface area contributed by atoms with E-state index in [0.29, 0.717) is 17.9 Å². The Hall–Kier alpha value is -3.41. The molecule has 1 atom stereocenters. The number of anilines is 1. The molecule has 1 aliphatic heterocycles. The van der Waals surface area contributed by atoms with Crippen molar-refractivity contribution < 1.29 is 17.9 Å². The van der Waals surface area contributed by atoms with E-state index in [1.54, 1.807) is 34.9 Å². The van der Waals surface area contributed by atoms with Gasteiger partial charge in [-0.3, -0.25) is 4.40 Å². The summed E-state index contributed by atoms with van der Waals surface area (Å²) in [7, 11) is 3.03. The topological polar surface area (TPSA) is 84.9 Å². The lowest BCUT2D eigenvalue weighted by Crippen LogP contribution is -2.53. The smallest absolute Gasteiger partial charge is 0.280 e. The molecule has 31 heavy (non-hydrogen) atoms. The number of likely N-dealkylation sites (tertiary alicyclic amines) is 1. The summed E-state index contributed by atoms with van der Waals surface area (Å²) < 4.78 is 52.0. The molecule has 1 aliphatic rings. The van der Waals surface area contributed by atoms with Gasteiger partial charge in [-0.25, -0.2) is 27.7 Å². The van der Waals surface area contributed by atoms with Crippen molar-refractivity contribution in [1.82, 2.24) is 33.9 Å². The minimum absolute atomic E-state index is 0.0540. The molecule has 0 amide bonds. The molecule has 0 bridgehead atoms. The maximum atomic E-state index is 14.9. The summed E-state index contributed by atoms with van der Waals surface area (Å²) in [5.41, 5.74) is 0.924. The van der Waals surface area contributed by atoms with Gasteiger partial charge in [0, 0.05) is 36.9 Å². The number of hydrogen-bond donors (Lipinski definition) is 1. The first-order chi connectivity index (χ1) is 14.9. The van der Waals surface area contributed by atoms with Gasteiger partial charge in [-0.1, -0.05) is 0 Å². The minimum atomic E-state index is -2.96. The molecule has 12 heteroatoms. The lowest BCUT2D eigenvalue weighted by Gasteiger charge is -2.36. The molecule has 162 valence electrons. The standard InChI is InChI=1S/C19H19F3N8O/c1-28-5-3-13(19(21,22)10-28)25-17-26-16(31-2)15-14(12(20)9-30(15)27-17)11-7-24-18-23-4-6-29(18)8-11/h4,6-9,13H,3,5,10H2,1-2H3,(H,25,27). The number of imidazole rings is 1. The van der Waals surface area contributed by atoms with Gasteiger partial charge in [0.1, 0.15) is 5.52 Å². The van der Waals surface area contributed by atoms with Crippen LogP contribution in [-0.2, 0) is 0 Å². The molecule has 4 aromatic rings. The van der Waals surface area contributed by atoms with Crippen molar-refractivity contribution in [3.63, 3.8) is 0 Å². The Morgan fingerprint density at radius 3 is 2.87 bits per heavy atom. The van der Waals surface area contributed by atoms with E-state index in [0.717, 1.165) is 6.20 Å².